The first-order valence-corrected chi connectivity index (χ1v) is 8.53. The van der Waals surface area contributed by atoms with Gasteiger partial charge in [0.05, 0.1) is 10.1 Å². The van der Waals surface area contributed by atoms with E-state index in [2.05, 4.69) is 0 Å². The molecule has 1 aromatic rings. The van der Waals surface area contributed by atoms with Gasteiger partial charge in [-0.3, -0.25) is 0 Å². The summed E-state index contributed by atoms with van der Waals surface area (Å²) in [5.41, 5.74) is 0. The molecule has 0 saturated heterocycles. The largest absolute Gasteiger partial charge is 0.223 e. The number of hydrogen-bond donors (Lipinski definition) is 0. The van der Waals surface area contributed by atoms with Crippen LogP contribution in [0.1, 0.15) is 12.8 Å². The fourth-order valence-electron chi connectivity index (χ4n) is 5.79. The Morgan fingerprint density at radius 2 is 1.56 bits per heavy atom. The van der Waals surface area contributed by atoms with E-state index in [1.807, 2.05) is 18.2 Å². The maximum atomic E-state index is 12.8. The molecule has 2 unspecified atom stereocenters. The highest BCUT2D eigenvalue weighted by molar-refractivity contribution is 7.92. The third-order valence-corrected chi connectivity index (χ3v) is 8.46. The fourth-order valence-corrected chi connectivity index (χ4v) is 7.95. The quantitative estimate of drug-likeness (QED) is 0.818. The average Bonchev–Trinajstić information content (AvgIpc) is 2.78. The van der Waals surface area contributed by atoms with Gasteiger partial charge in [-0.05, 0) is 60.5 Å². The topological polar surface area (TPSA) is 34.1 Å². The predicted molar refractivity (Wildman–Crippen MR) is 67.6 cm³/mol. The van der Waals surface area contributed by atoms with Crippen LogP contribution in [-0.2, 0) is 9.84 Å². The molecule has 5 aliphatic carbocycles. The van der Waals surface area contributed by atoms with Crippen molar-refractivity contribution in [3.8, 4) is 0 Å². The van der Waals surface area contributed by atoms with Crippen molar-refractivity contribution < 1.29 is 8.42 Å². The molecule has 0 aromatic heterocycles. The van der Waals surface area contributed by atoms with Gasteiger partial charge in [0.2, 0.25) is 0 Å². The Bertz CT molecular complexity index is 621. The van der Waals surface area contributed by atoms with Crippen LogP contribution in [0.4, 0.5) is 0 Å². The van der Waals surface area contributed by atoms with E-state index in [0.717, 1.165) is 36.0 Å². The zero-order valence-electron chi connectivity index (χ0n) is 10.1. The lowest BCUT2D eigenvalue weighted by atomic mass is 10.0. The van der Waals surface area contributed by atoms with E-state index in [-0.39, 0.29) is 5.25 Å². The maximum Gasteiger partial charge on any atom is 0.181 e. The van der Waals surface area contributed by atoms with E-state index in [9.17, 15) is 8.42 Å². The second kappa shape index (κ2) is 2.84. The zero-order valence-corrected chi connectivity index (χ0v) is 10.9. The van der Waals surface area contributed by atoms with Crippen molar-refractivity contribution in [3.05, 3.63) is 30.3 Å². The second-order valence-electron chi connectivity index (χ2n) is 6.59. The van der Waals surface area contributed by atoms with Gasteiger partial charge in [0.15, 0.2) is 9.84 Å². The summed E-state index contributed by atoms with van der Waals surface area (Å²) in [4.78, 5) is 0.539. The third-order valence-electron chi connectivity index (χ3n) is 6.22. The van der Waals surface area contributed by atoms with E-state index in [4.69, 9.17) is 0 Å². The Balaban J connectivity index is 1.58. The highest BCUT2D eigenvalue weighted by Crippen LogP contribution is 2.81. The molecule has 0 aliphatic heterocycles. The summed E-state index contributed by atoms with van der Waals surface area (Å²) in [6.45, 7) is 0. The van der Waals surface area contributed by atoms with Gasteiger partial charge in [0.1, 0.15) is 0 Å². The normalized spacial score (nSPS) is 50.8. The van der Waals surface area contributed by atoms with E-state index in [0.29, 0.717) is 10.8 Å². The van der Waals surface area contributed by atoms with Crippen LogP contribution in [0.25, 0.3) is 0 Å². The molecule has 2 nitrogen and oxygen atoms in total. The third kappa shape index (κ3) is 0.932. The van der Waals surface area contributed by atoms with Crippen LogP contribution in [0, 0.1) is 35.5 Å². The van der Waals surface area contributed by atoms with Crippen LogP contribution in [-0.4, -0.2) is 13.7 Å². The van der Waals surface area contributed by atoms with Gasteiger partial charge in [-0.25, -0.2) is 8.42 Å². The highest BCUT2D eigenvalue weighted by atomic mass is 32.2. The second-order valence-corrected chi connectivity index (χ2v) is 8.76. The molecule has 6 rings (SSSR count). The Labute approximate surface area is 107 Å². The van der Waals surface area contributed by atoms with Crippen molar-refractivity contribution in [1.29, 1.82) is 0 Å². The minimum absolute atomic E-state index is 0.0661. The van der Waals surface area contributed by atoms with Crippen LogP contribution in [0.5, 0.6) is 0 Å². The molecular formula is C15H16O2S. The first-order valence-electron chi connectivity index (χ1n) is 6.98. The van der Waals surface area contributed by atoms with Crippen molar-refractivity contribution in [2.24, 2.45) is 35.5 Å². The van der Waals surface area contributed by atoms with Gasteiger partial charge < -0.3 is 0 Å². The molecule has 6 bridgehead atoms. The molecule has 3 heteroatoms. The number of rotatable bonds is 2. The number of sulfone groups is 1. The predicted octanol–water partition coefficient (Wildman–Crippen LogP) is 2.36. The van der Waals surface area contributed by atoms with Gasteiger partial charge >= 0.3 is 0 Å². The Hall–Kier alpha value is -0.830. The Kier molecular flexibility index (Phi) is 1.58. The van der Waals surface area contributed by atoms with E-state index >= 15 is 0 Å². The molecule has 0 N–H and O–H groups in total. The molecule has 5 aliphatic rings. The molecule has 0 radical (unpaired) electrons. The van der Waals surface area contributed by atoms with Crippen molar-refractivity contribution in [1.82, 2.24) is 0 Å². The summed E-state index contributed by atoms with van der Waals surface area (Å²) >= 11 is 0. The van der Waals surface area contributed by atoms with Gasteiger partial charge in [0, 0.05) is 0 Å². The van der Waals surface area contributed by atoms with E-state index in [1.54, 1.807) is 12.1 Å². The van der Waals surface area contributed by atoms with Crippen LogP contribution in [0.3, 0.4) is 0 Å². The highest BCUT2D eigenvalue weighted by Gasteiger charge is 2.78. The van der Waals surface area contributed by atoms with Gasteiger partial charge in [0.25, 0.3) is 0 Å². The van der Waals surface area contributed by atoms with Gasteiger partial charge in [-0.1, -0.05) is 18.2 Å². The minimum Gasteiger partial charge on any atom is -0.223 e. The minimum atomic E-state index is -3.08. The number of hydrogen-bond acceptors (Lipinski definition) is 2. The molecule has 18 heavy (non-hydrogen) atoms. The van der Waals surface area contributed by atoms with Crippen LogP contribution < -0.4 is 0 Å². The van der Waals surface area contributed by atoms with Gasteiger partial charge in [-0.15, -0.1) is 0 Å². The van der Waals surface area contributed by atoms with E-state index in [1.165, 1.54) is 6.42 Å². The zero-order chi connectivity index (χ0) is 12.1. The van der Waals surface area contributed by atoms with E-state index < -0.39 is 9.84 Å². The lowest BCUT2D eigenvalue weighted by Crippen LogP contribution is -2.29. The van der Waals surface area contributed by atoms with Crippen molar-refractivity contribution in [2.45, 2.75) is 23.0 Å². The van der Waals surface area contributed by atoms with Crippen LogP contribution >= 0.6 is 0 Å². The van der Waals surface area contributed by atoms with Gasteiger partial charge in [-0.2, -0.15) is 0 Å². The fraction of sp³-hybridized carbons (Fsp3) is 0.600. The summed E-state index contributed by atoms with van der Waals surface area (Å²) in [5.74, 6) is 4.66. The standard InChI is InChI=1S/C15H16O2S/c16-18(17,8-4-2-1-3-5-8)12-7-10-9-6-11-13(10)15(11)14(9)12/h1-5,9-15H,6-7H2/t9-,10-,11+,12-,13?,14-,15?/m0/s1. The van der Waals surface area contributed by atoms with Crippen molar-refractivity contribution in [2.75, 3.05) is 0 Å². The SMILES string of the molecule is O=S(=O)(c1ccccc1)[C@H]1C[C@@H]2C3C4[C@@H]3C[C@@H]2[C@H]41. The monoisotopic (exact) mass is 260 g/mol. The molecule has 5 saturated carbocycles. The van der Waals surface area contributed by atoms with Crippen LogP contribution in [0.2, 0.25) is 0 Å². The molecule has 7 atom stereocenters. The number of benzene rings is 1. The first kappa shape index (κ1) is 10.0. The molecule has 0 heterocycles. The maximum absolute atomic E-state index is 12.8. The Morgan fingerprint density at radius 3 is 2.17 bits per heavy atom. The summed E-state index contributed by atoms with van der Waals surface area (Å²) < 4.78 is 25.5. The summed E-state index contributed by atoms with van der Waals surface area (Å²) in [7, 11) is -3.08. The molecule has 5 fully saturated rings. The summed E-state index contributed by atoms with van der Waals surface area (Å²) in [5, 5.41) is -0.0661. The summed E-state index contributed by atoms with van der Waals surface area (Å²) in [6, 6.07) is 9.07. The summed E-state index contributed by atoms with van der Waals surface area (Å²) in [6.07, 6.45) is 2.29. The lowest BCUT2D eigenvalue weighted by molar-refractivity contribution is 0.440. The molecule has 1 aromatic carbocycles. The molecular weight excluding hydrogens is 244 g/mol. The smallest absolute Gasteiger partial charge is 0.181 e. The van der Waals surface area contributed by atoms with Crippen molar-refractivity contribution >= 4 is 9.84 Å². The Morgan fingerprint density at radius 1 is 0.833 bits per heavy atom. The first-order chi connectivity index (χ1) is 8.69. The molecule has 0 amide bonds. The lowest BCUT2D eigenvalue weighted by Gasteiger charge is -2.21. The molecule has 94 valence electrons. The molecule has 0 spiro atoms. The van der Waals surface area contributed by atoms with Crippen LogP contribution in [0.15, 0.2) is 35.2 Å². The average molecular weight is 260 g/mol. The van der Waals surface area contributed by atoms with Crippen molar-refractivity contribution in [3.63, 3.8) is 0 Å².